The molecule has 12 heteroatoms. The van der Waals surface area contributed by atoms with Crippen molar-refractivity contribution in [2.75, 3.05) is 22.1 Å². The molecule has 0 aromatic heterocycles. The second-order valence-electron chi connectivity index (χ2n) is 15.0. The Kier molecular flexibility index (Phi) is 10.8. The minimum Gasteiger partial charge on any atom is -0.871 e. The molecular weight excluding hydrogens is 769 g/mol. The Labute approximate surface area is 340 Å². The maximum atomic E-state index is 14.2. The van der Waals surface area contributed by atoms with Gasteiger partial charge in [-0.2, -0.15) is 4.58 Å². The first-order valence-corrected chi connectivity index (χ1v) is 22.5. The fourth-order valence-corrected chi connectivity index (χ4v) is 8.22. The minimum absolute atomic E-state index is 0.0432. The Hall–Kier alpha value is -6.24. The van der Waals surface area contributed by atoms with E-state index >= 15 is 0 Å². The molecule has 58 heavy (non-hydrogen) atoms. The van der Waals surface area contributed by atoms with E-state index in [4.69, 9.17) is 0 Å². The largest absolute Gasteiger partial charge is 0.871 e. The minimum atomic E-state index is -3.88. The van der Waals surface area contributed by atoms with E-state index in [0.717, 1.165) is 58.4 Å². The number of Topliss-reactive ketones (excluding diaryl/α,β-unsaturated/α-hetero) is 1. The highest BCUT2D eigenvalue weighted by molar-refractivity contribution is 7.92. The molecule has 3 aliphatic rings. The number of rotatable bonds is 10. The van der Waals surface area contributed by atoms with Gasteiger partial charge < -0.3 is 10.0 Å². The summed E-state index contributed by atoms with van der Waals surface area (Å²) in [6.45, 7) is 8.09. The highest BCUT2D eigenvalue weighted by Gasteiger charge is 2.35. The lowest BCUT2D eigenvalue weighted by molar-refractivity contribution is -0.376. The Morgan fingerprint density at radius 2 is 1.26 bits per heavy atom. The van der Waals surface area contributed by atoms with E-state index < -0.39 is 31.6 Å². The van der Waals surface area contributed by atoms with Gasteiger partial charge >= 0.3 is 0 Å². The number of sulfonamides is 2. The number of anilines is 4. The third kappa shape index (κ3) is 8.53. The summed E-state index contributed by atoms with van der Waals surface area (Å²) in [5.41, 5.74) is 7.62. The van der Waals surface area contributed by atoms with E-state index in [0.29, 0.717) is 17.3 Å². The van der Waals surface area contributed by atoms with Crippen molar-refractivity contribution < 1.29 is 31.3 Å². The van der Waals surface area contributed by atoms with Crippen LogP contribution < -0.4 is 19.5 Å². The molecule has 1 unspecified atom stereocenters. The number of allylic oxidation sites excluding steroid dienone is 8. The number of carbonyl (C=O) groups is 1. The van der Waals surface area contributed by atoms with Gasteiger partial charge in [0.2, 0.25) is 37.1 Å². The molecule has 7 rings (SSSR count). The molecule has 0 radical (unpaired) electrons. The van der Waals surface area contributed by atoms with Crippen molar-refractivity contribution in [2.24, 2.45) is 5.92 Å². The lowest BCUT2D eigenvalue weighted by atomic mass is 9.79. The van der Waals surface area contributed by atoms with Crippen molar-refractivity contribution in [3.05, 3.63) is 178 Å². The molecule has 4 aromatic rings. The summed E-state index contributed by atoms with van der Waals surface area (Å²) in [4.78, 5) is 16.1. The summed E-state index contributed by atoms with van der Waals surface area (Å²) >= 11 is 0. The van der Waals surface area contributed by atoms with Crippen LogP contribution in [0.25, 0.3) is 5.57 Å². The van der Waals surface area contributed by atoms with Gasteiger partial charge in [0.05, 0.1) is 23.9 Å². The van der Waals surface area contributed by atoms with Crippen LogP contribution in [0.3, 0.4) is 0 Å². The van der Waals surface area contributed by atoms with Crippen molar-refractivity contribution in [1.82, 2.24) is 4.72 Å². The zero-order valence-corrected chi connectivity index (χ0v) is 34.7. The first kappa shape index (κ1) is 40.0. The zero-order chi connectivity index (χ0) is 41.5. The fourth-order valence-electron chi connectivity index (χ4n) is 7.09. The maximum absolute atomic E-state index is 14.2. The molecule has 0 bridgehead atoms. The molecule has 4 aromatic carbocycles. The van der Waals surface area contributed by atoms with Gasteiger partial charge in [-0.3, -0.25) is 14.2 Å². The summed E-state index contributed by atoms with van der Waals surface area (Å²) in [7, 11) is -7.76. The van der Waals surface area contributed by atoms with Gasteiger partial charge in [-0.15, -0.1) is 0 Å². The molecule has 2 N–H and O–H groups in total. The summed E-state index contributed by atoms with van der Waals surface area (Å²) in [6.07, 6.45) is 14.0. The van der Waals surface area contributed by atoms with Crippen LogP contribution in [0.1, 0.15) is 35.6 Å². The molecule has 0 saturated carbocycles. The summed E-state index contributed by atoms with van der Waals surface area (Å²) < 4.78 is 58.1. The second-order valence-corrected chi connectivity index (χ2v) is 18.5. The summed E-state index contributed by atoms with van der Waals surface area (Å²) in [5, 5.41) is 14.2. The first-order chi connectivity index (χ1) is 27.5. The Morgan fingerprint density at radius 1 is 0.707 bits per heavy atom. The molecule has 296 valence electrons. The molecule has 0 aliphatic heterocycles. The Bertz CT molecular complexity index is 2750. The number of carbonyl (C=O) groups excluding carboxylic acids is 1. The number of hydrogen-bond donors (Lipinski definition) is 2. The lowest BCUT2D eigenvalue weighted by Crippen LogP contribution is -2.34. The zero-order valence-electron chi connectivity index (χ0n) is 33.1. The van der Waals surface area contributed by atoms with Gasteiger partial charge in [0, 0.05) is 69.7 Å². The number of ketones is 1. The maximum Gasteiger partial charge on any atom is 0.229 e. The van der Waals surface area contributed by atoms with E-state index in [1.165, 1.54) is 0 Å². The van der Waals surface area contributed by atoms with Crippen molar-refractivity contribution in [3.63, 3.8) is 0 Å². The Morgan fingerprint density at radius 3 is 1.78 bits per heavy atom. The monoisotopic (exact) mass is 812 g/mol. The number of nitrogens with zero attached hydrogens (tertiary/aromatic N) is 2. The number of benzene rings is 4. The van der Waals surface area contributed by atoms with E-state index in [-0.39, 0.29) is 33.7 Å². The third-order valence-corrected chi connectivity index (χ3v) is 11.2. The predicted octanol–water partition coefficient (Wildman–Crippen LogP) is 7.67. The predicted molar refractivity (Wildman–Crippen MR) is 230 cm³/mol. The molecule has 0 amide bonds. The highest BCUT2D eigenvalue weighted by Crippen LogP contribution is 2.44. The van der Waals surface area contributed by atoms with Crippen molar-refractivity contribution in [3.8, 4) is 0 Å². The topological polar surface area (TPSA) is 139 Å². The van der Waals surface area contributed by atoms with Gasteiger partial charge in [-0.1, -0.05) is 77.9 Å². The van der Waals surface area contributed by atoms with E-state index in [1.807, 2.05) is 109 Å². The summed E-state index contributed by atoms with van der Waals surface area (Å²) in [5.74, 6) is -0.930. The van der Waals surface area contributed by atoms with E-state index in [2.05, 4.69) is 28.5 Å². The first-order valence-electron chi connectivity index (χ1n) is 18.7. The smallest absolute Gasteiger partial charge is 0.229 e. The second kappa shape index (κ2) is 15.6. The van der Waals surface area contributed by atoms with Crippen LogP contribution in [0.15, 0.2) is 156 Å². The fraction of sp³-hybridized carbons (Fsp3) is 0.174. The van der Waals surface area contributed by atoms with Gasteiger partial charge in [0.1, 0.15) is 0 Å². The molecule has 0 saturated heterocycles. The molecule has 0 fully saturated rings. The van der Waals surface area contributed by atoms with Crippen molar-refractivity contribution in [2.45, 2.75) is 34.1 Å². The Balaban J connectivity index is 1.36. The number of nitrogens with one attached hydrogen (secondary N) is 2. The van der Waals surface area contributed by atoms with Crippen LogP contribution >= 0.6 is 0 Å². The molecule has 0 heterocycles. The quantitative estimate of drug-likeness (QED) is 0.124. The molecule has 1 atom stereocenters. The lowest BCUT2D eigenvalue weighted by Gasteiger charge is -2.34. The molecular formula is C46H44N4O6S2. The van der Waals surface area contributed by atoms with Gasteiger partial charge in [0.25, 0.3) is 0 Å². The molecule has 10 nitrogen and oxygen atoms in total. The molecule has 0 spiro atoms. The van der Waals surface area contributed by atoms with Crippen LogP contribution in [0.2, 0.25) is 0 Å². The third-order valence-electron chi connectivity index (χ3n) is 9.99. The van der Waals surface area contributed by atoms with E-state index in [1.54, 1.807) is 36.4 Å². The standard InChI is InChI=1S/C46H44N4O6S2/c1-29-7-15-33(16-8-29)49(34-17-9-30(2)10-18-34)37-23-25-39(41(27-37)47-57(5,53)54)43-45(51)44(46(43)52)40-26-24-38(28-42(40)48-58(6,55)56)50(35-19-11-31(3)12-20-35)36-21-13-32(4)14-22-36/h7-13,15-28,32H,14H2,1-6H3,(H2,47,48,51,52). The van der Waals surface area contributed by atoms with Crippen LogP contribution in [0.4, 0.5) is 28.4 Å². The average molecular weight is 813 g/mol. The van der Waals surface area contributed by atoms with E-state index in [9.17, 15) is 26.7 Å². The van der Waals surface area contributed by atoms with Gasteiger partial charge in [0.15, 0.2) is 5.78 Å². The van der Waals surface area contributed by atoms with Crippen LogP contribution in [0, 0.1) is 26.7 Å². The van der Waals surface area contributed by atoms with Crippen LogP contribution in [-0.4, -0.2) is 45.4 Å². The average Bonchev–Trinajstić information content (AvgIpc) is 3.15. The van der Waals surface area contributed by atoms with Gasteiger partial charge in [-0.25, -0.2) is 16.8 Å². The normalized spacial score (nSPS) is 19.0. The van der Waals surface area contributed by atoms with Crippen LogP contribution in [-0.2, 0) is 24.8 Å². The van der Waals surface area contributed by atoms with Gasteiger partial charge in [-0.05, 0) is 81.7 Å². The number of hydrogen-bond acceptors (Lipinski definition) is 7. The van der Waals surface area contributed by atoms with Crippen molar-refractivity contribution in [1.29, 1.82) is 0 Å². The van der Waals surface area contributed by atoms with Crippen LogP contribution in [0.5, 0.6) is 0 Å². The number of aryl methyl sites for hydroxylation is 3. The van der Waals surface area contributed by atoms with Crippen molar-refractivity contribution >= 4 is 65.6 Å². The molecule has 3 aliphatic carbocycles. The summed E-state index contributed by atoms with van der Waals surface area (Å²) in [6, 6.07) is 28.5. The SMILES string of the molecule is Cc1ccc(N(c2ccc(C)cc2)c2ccc(C3=C([O-])C(=C4C=CC(=[N+](C5=CCC(C)C=C5)c5ccc(C)cc5)C=C4NS(C)(=O)=O)C3=O)c(NS(C)(=O)=O)c2)cc1. The highest BCUT2D eigenvalue weighted by atomic mass is 32.2.